The lowest BCUT2D eigenvalue weighted by Crippen LogP contribution is -1.98. The smallest absolute Gasteiger partial charge is 0.141 e. The number of imidazole rings is 1. The number of phenols is 1. The lowest BCUT2D eigenvalue weighted by molar-refractivity contribution is 0.277. The third kappa shape index (κ3) is 2.15. The van der Waals surface area contributed by atoms with Gasteiger partial charge in [-0.15, -0.1) is 0 Å². The molecular weight excluding hydrogens is 242 g/mol. The largest absolute Gasteiger partial charge is 0.506 e. The van der Waals surface area contributed by atoms with Gasteiger partial charge in [-0.05, 0) is 17.7 Å². The molecule has 0 unspecified atom stereocenters. The molecule has 0 aliphatic carbocycles. The van der Waals surface area contributed by atoms with Gasteiger partial charge in [-0.2, -0.15) is 0 Å². The van der Waals surface area contributed by atoms with E-state index in [-0.39, 0.29) is 12.4 Å². The Morgan fingerprint density at radius 1 is 1.16 bits per heavy atom. The second-order valence-corrected chi connectivity index (χ2v) is 4.34. The number of aromatic hydroxyl groups is 1. The van der Waals surface area contributed by atoms with E-state index >= 15 is 0 Å². The van der Waals surface area contributed by atoms with Crippen LogP contribution < -0.4 is 0 Å². The summed E-state index contributed by atoms with van der Waals surface area (Å²) in [6, 6.07) is 7.30. The van der Waals surface area contributed by atoms with Crippen LogP contribution in [0, 0.1) is 0 Å². The van der Waals surface area contributed by atoms with Crippen molar-refractivity contribution in [3.63, 3.8) is 0 Å². The number of pyridine rings is 1. The van der Waals surface area contributed by atoms with E-state index in [0.29, 0.717) is 17.8 Å². The summed E-state index contributed by atoms with van der Waals surface area (Å²) in [4.78, 5) is 8.27. The zero-order valence-corrected chi connectivity index (χ0v) is 10.2. The highest BCUT2D eigenvalue weighted by Gasteiger charge is 2.07. The maximum atomic E-state index is 9.79. The van der Waals surface area contributed by atoms with E-state index in [1.54, 1.807) is 24.8 Å². The maximum Gasteiger partial charge on any atom is 0.141 e. The van der Waals surface area contributed by atoms with Gasteiger partial charge in [0.15, 0.2) is 0 Å². The maximum absolute atomic E-state index is 9.79. The summed E-state index contributed by atoms with van der Waals surface area (Å²) in [5.74, 6) is 0.182. The minimum atomic E-state index is -0.0646. The van der Waals surface area contributed by atoms with Crippen LogP contribution in [-0.2, 0) is 13.2 Å². The molecule has 0 saturated heterocycles. The van der Waals surface area contributed by atoms with Gasteiger partial charge in [0.05, 0.1) is 18.6 Å². The van der Waals surface area contributed by atoms with Crippen molar-refractivity contribution in [3.8, 4) is 5.75 Å². The molecule has 0 bridgehead atoms. The minimum Gasteiger partial charge on any atom is -0.506 e. The number of aliphatic hydroxyl groups is 1. The molecule has 3 aromatic rings. The van der Waals surface area contributed by atoms with Crippen LogP contribution in [0.2, 0.25) is 0 Å². The van der Waals surface area contributed by atoms with E-state index in [0.717, 1.165) is 10.9 Å². The topological polar surface area (TPSA) is 71.2 Å². The standard InChI is InChI=1S/C14H13N3O2/c18-8-11-7-17(9-16-11)6-10-3-4-13(19)14-12(10)2-1-5-15-14/h1-5,7,9,18-19H,6,8H2. The number of benzene rings is 1. The fourth-order valence-electron chi connectivity index (χ4n) is 2.13. The van der Waals surface area contributed by atoms with Gasteiger partial charge >= 0.3 is 0 Å². The molecule has 0 atom stereocenters. The van der Waals surface area contributed by atoms with E-state index in [4.69, 9.17) is 5.11 Å². The predicted molar refractivity (Wildman–Crippen MR) is 70.7 cm³/mol. The summed E-state index contributed by atoms with van der Waals surface area (Å²) in [5.41, 5.74) is 2.28. The molecule has 5 nitrogen and oxygen atoms in total. The van der Waals surface area contributed by atoms with E-state index in [1.165, 1.54) is 0 Å². The first-order valence-corrected chi connectivity index (χ1v) is 5.95. The van der Waals surface area contributed by atoms with Crippen molar-refractivity contribution >= 4 is 10.9 Å². The minimum absolute atomic E-state index is 0.0646. The molecule has 19 heavy (non-hydrogen) atoms. The molecule has 2 heterocycles. The molecular formula is C14H13N3O2. The second-order valence-electron chi connectivity index (χ2n) is 4.34. The van der Waals surface area contributed by atoms with Gasteiger partial charge in [-0.3, -0.25) is 4.98 Å². The number of hydrogen-bond donors (Lipinski definition) is 2. The monoisotopic (exact) mass is 255 g/mol. The summed E-state index contributed by atoms with van der Waals surface area (Å²) < 4.78 is 1.89. The van der Waals surface area contributed by atoms with Gasteiger partial charge < -0.3 is 14.8 Å². The Kier molecular flexibility index (Phi) is 2.89. The van der Waals surface area contributed by atoms with Crippen molar-refractivity contribution in [1.29, 1.82) is 0 Å². The molecule has 0 fully saturated rings. The van der Waals surface area contributed by atoms with Crippen LogP contribution in [0.3, 0.4) is 0 Å². The molecule has 0 aliphatic rings. The Morgan fingerprint density at radius 3 is 2.84 bits per heavy atom. The highest BCUT2D eigenvalue weighted by molar-refractivity contribution is 5.87. The molecule has 96 valence electrons. The van der Waals surface area contributed by atoms with E-state index in [9.17, 15) is 5.11 Å². The Balaban J connectivity index is 2.03. The van der Waals surface area contributed by atoms with Gasteiger partial charge in [0.2, 0.25) is 0 Å². The van der Waals surface area contributed by atoms with E-state index in [1.807, 2.05) is 22.8 Å². The first-order valence-electron chi connectivity index (χ1n) is 5.95. The van der Waals surface area contributed by atoms with E-state index < -0.39 is 0 Å². The Bertz CT molecular complexity index is 722. The summed E-state index contributed by atoms with van der Waals surface area (Å²) >= 11 is 0. The van der Waals surface area contributed by atoms with Crippen molar-refractivity contribution < 1.29 is 10.2 Å². The third-order valence-corrected chi connectivity index (χ3v) is 3.04. The quantitative estimate of drug-likeness (QED) is 0.747. The van der Waals surface area contributed by atoms with Crippen molar-refractivity contribution in [1.82, 2.24) is 14.5 Å². The lowest BCUT2D eigenvalue weighted by Gasteiger charge is -2.08. The number of phenolic OH excluding ortho intramolecular Hbond substituents is 1. The Morgan fingerprint density at radius 2 is 2.05 bits per heavy atom. The molecule has 1 aromatic carbocycles. The Hall–Kier alpha value is -2.40. The third-order valence-electron chi connectivity index (χ3n) is 3.04. The fourth-order valence-corrected chi connectivity index (χ4v) is 2.13. The fraction of sp³-hybridized carbons (Fsp3) is 0.143. The highest BCUT2D eigenvalue weighted by atomic mass is 16.3. The number of nitrogens with zero attached hydrogens (tertiary/aromatic N) is 3. The van der Waals surface area contributed by atoms with Crippen molar-refractivity contribution in [2.24, 2.45) is 0 Å². The molecule has 5 heteroatoms. The van der Waals surface area contributed by atoms with Crippen LogP contribution in [0.1, 0.15) is 11.3 Å². The summed E-state index contributed by atoms with van der Waals surface area (Å²) in [6.07, 6.45) is 5.14. The molecule has 2 aromatic heterocycles. The second kappa shape index (κ2) is 4.70. The normalized spacial score (nSPS) is 11.0. The lowest BCUT2D eigenvalue weighted by atomic mass is 10.1. The SMILES string of the molecule is OCc1cn(Cc2ccc(O)c3ncccc23)cn1. The van der Waals surface area contributed by atoms with Crippen molar-refractivity contribution in [3.05, 3.63) is 54.2 Å². The first kappa shape index (κ1) is 11.7. The summed E-state index contributed by atoms with van der Waals surface area (Å²) in [7, 11) is 0. The molecule has 3 rings (SSSR count). The van der Waals surface area contributed by atoms with Gasteiger partial charge in [0, 0.05) is 24.3 Å². The van der Waals surface area contributed by atoms with Gasteiger partial charge in [0.1, 0.15) is 11.3 Å². The van der Waals surface area contributed by atoms with Crippen LogP contribution in [0.15, 0.2) is 43.0 Å². The predicted octanol–water partition coefficient (Wildman–Crippen LogP) is 1.68. The molecule has 0 spiro atoms. The van der Waals surface area contributed by atoms with Gasteiger partial charge in [0.25, 0.3) is 0 Å². The molecule has 0 saturated carbocycles. The number of fused-ring (bicyclic) bond motifs is 1. The zero-order valence-electron chi connectivity index (χ0n) is 10.2. The number of hydrogen-bond acceptors (Lipinski definition) is 4. The number of rotatable bonds is 3. The highest BCUT2D eigenvalue weighted by Crippen LogP contribution is 2.25. The number of aromatic nitrogens is 3. The summed E-state index contributed by atoms with van der Waals surface area (Å²) in [6.45, 7) is 0.556. The first-order chi connectivity index (χ1) is 9.28. The zero-order chi connectivity index (χ0) is 13.2. The van der Waals surface area contributed by atoms with E-state index in [2.05, 4.69) is 9.97 Å². The Labute approximate surface area is 109 Å². The molecule has 0 aliphatic heterocycles. The molecule has 2 N–H and O–H groups in total. The van der Waals surface area contributed by atoms with Crippen LogP contribution in [0.25, 0.3) is 10.9 Å². The van der Waals surface area contributed by atoms with Crippen LogP contribution >= 0.6 is 0 Å². The summed E-state index contributed by atoms with van der Waals surface area (Å²) in [5, 5.41) is 19.7. The average molecular weight is 255 g/mol. The van der Waals surface area contributed by atoms with Crippen LogP contribution in [-0.4, -0.2) is 24.7 Å². The molecule has 0 radical (unpaired) electrons. The van der Waals surface area contributed by atoms with Crippen LogP contribution in [0.5, 0.6) is 5.75 Å². The van der Waals surface area contributed by atoms with Gasteiger partial charge in [-0.1, -0.05) is 12.1 Å². The molecule has 0 amide bonds. The average Bonchev–Trinajstić information content (AvgIpc) is 2.90. The number of aliphatic hydroxyl groups excluding tert-OH is 1. The van der Waals surface area contributed by atoms with Crippen LogP contribution in [0.4, 0.5) is 0 Å². The van der Waals surface area contributed by atoms with Crippen molar-refractivity contribution in [2.75, 3.05) is 0 Å². The van der Waals surface area contributed by atoms with Gasteiger partial charge in [-0.25, -0.2) is 4.98 Å². The van der Waals surface area contributed by atoms with Crippen molar-refractivity contribution in [2.45, 2.75) is 13.2 Å².